The summed E-state index contributed by atoms with van der Waals surface area (Å²) in [5, 5.41) is 9.76. The molecule has 0 fully saturated rings. The van der Waals surface area contributed by atoms with E-state index in [1.54, 1.807) is 0 Å². The van der Waals surface area contributed by atoms with E-state index in [4.69, 9.17) is 23.3 Å². The van der Waals surface area contributed by atoms with Gasteiger partial charge >= 0.3 is 25.7 Å². The number of aliphatic hydroxyl groups excluding tert-OH is 1. The molecule has 0 aromatic carbocycles. The summed E-state index contributed by atoms with van der Waals surface area (Å²) in [6.45, 7) is 4.56. The van der Waals surface area contributed by atoms with Gasteiger partial charge in [0.2, 0.25) is 0 Å². The Morgan fingerprint density at radius 1 is 0.424 bits per heavy atom. The van der Waals surface area contributed by atoms with Crippen LogP contribution in [0, 0.1) is 0 Å². The van der Waals surface area contributed by atoms with Crippen molar-refractivity contribution in [2.45, 2.75) is 264 Å². The van der Waals surface area contributed by atoms with Crippen LogP contribution in [0.5, 0.6) is 0 Å². The molecule has 0 aromatic heterocycles. The lowest BCUT2D eigenvalue weighted by Crippen LogP contribution is -2.30. The molecule has 66 heavy (non-hydrogen) atoms. The molecule has 3 unspecified atom stereocenters. The lowest BCUT2D eigenvalue weighted by atomic mass is 10.1. The number of ether oxygens (including phenoxy) is 3. The van der Waals surface area contributed by atoms with Gasteiger partial charge in [-0.3, -0.25) is 23.4 Å². The number of phosphoric acid groups is 1. The summed E-state index contributed by atoms with van der Waals surface area (Å²) in [6, 6.07) is 0. The number of rotatable bonds is 50. The maximum atomic E-state index is 12.8. The van der Waals surface area contributed by atoms with E-state index in [1.807, 2.05) is 0 Å². The summed E-state index contributed by atoms with van der Waals surface area (Å²) < 4.78 is 39.3. The van der Waals surface area contributed by atoms with Crippen LogP contribution in [0.4, 0.5) is 0 Å². The number of aliphatic hydroxyl groups is 1. The molecule has 0 aromatic rings. The predicted molar refractivity (Wildman–Crippen MR) is 270 cm³/mol. The monoisotopic (exact) mass is 955 g/mol. The zero-order chi connectivity index (χ0) is 48.4. The second kappa shape index (κ2) is 49.1. The molecule has 0 aliphatic rings. The fraction of sp³-hybridized carbons (Fsp3) is 0.833. The van der Waals surface area contributed by atoms with Crippen LogP contribution in [0.25, 0.3) is 0 Å². The predicted octanol–water partition coefficient (Wildman–Crippen LogP) is 15.3. The normalized spacial score (nSPS) is 13.7. The van der Waals surface area contributed by atoms with Gasteiger partial charge in [-0.2, -0.15) is 0 Å². The molecule has 0 aliphatic heterocycles. The molecular weight excluding hydrogens is 856 g/mol. The van der Waals surface area contributed by atoms with Gasteiger partial charge in [0.1, 0.15) is 12.7 Å². The molecule has 0 bridgehead atoms. The zero-order valence-corrected chi connectivity index (χ0v) is 43.3. The zero-order valence-electron chi connectivity index (χ0n) is 42.4. The SMILES string of the molecule is CCCC/C=C\CCCCCCCC(=O)OC(COC(=O)CCCCCCCCC/C=C\C/C=C\CCCCC)COP(=O)(O)OCC(CO)OC(=O)CCCCCCCCCCCCC. The molecule has 0 saturated carbocycles. The van der Waals surface area contributed by atoms with Crippen LogP contribution in [-0.4, -0.2) is 66.5 Å². The fourth-order valence-electron chi connectivity index (χ4n) is 7.37. The van der Waals surface area contributed by atoms with Gasteiger partial charge in [-0.05, 0) is 70.6 Å². The highest BCUT2D eigenvalue weighted by Gasteiger charge is 2.28. The van der Waals surface area contributed by atoms with Crippen molar-refractivity contribution in [1.82, 2.24) is 0 Å². The van der Waals surface area contributed by atoms with Gasteiger partial charge in [0.25, 0.3) is 0 Å². The molecular formula is C54H99O11P. The number of allylic oxidation sites excluding steroid dienone is 6. The first kappa shape index (κ1) is 63.7. The second-order valence-corrected chi connectivity index (χ2v) is 19.5. The van der Waals surface area contributed by atoms with E-state index in [1.165, 1.54) is 103 Å². The third kappa shape index (κ3) is 46.8. The Kier molecular flexibility index (Phi) is 47.4. The summed E-state index contributed by atoms with van der Waals surface area (Å²) >= 11 is 0. The highest BCUT2D eigenvalue weighted by molar-refractivity contribution is 7.47. The number of hydrogen-bond acceptors (Lipinski definition) is 10. The lowest BCUT2D eigenvalue weighted by Gasteiger charge is -2.21. The molecule has 2 N–H and O–H groups in total. The van der Waals surface area contributed by atoms with Gasteiger partial charge in [-0.1, -0.05) is 198 Å². The van der Waals surface area contributed by atoms with Gasteiger partial charge < -0.3 is 24.2 Å². The highest BCUT2D eigenvalue weighted by atomic mass is 31.2. The van der Waals surface area contributed by atoms with E-state index < -0.39 is 57.8 Å². The van der Waals surface area contributed by atoms with Crippen molar-refractivity contribution < 1.29 is 52.2 Å². The molecule has 0 amide bonds. The van der Waals surface area contributed by atoms with Crippen LogP contribution in [0.1, 0.15) is 252 Å². The Labute approximate surface area is 403 Å². The summed E-state index contributed by atoms with van der Waals surface area (Å²) in [4.78, 5) is 48.3. The maximum Gasteiger partial charge on any atom is 0.472 e. The van der Waals surface area contributed by atoms with Crippen molar-refractivity contribution in [2.75, 3.05) is 26.4 Å². The topological polar surface area (TPSA) is 155 Å². The van der Waals surface area contributed by atoms with E-state index >= 15 is 0 Å². The van der Waals surface area contributed by atoms with Crippen LogP contribution in [0.15, 0.2) is 36.5 Å². The van der Waals surface area contributed by atoms with Gasteiger partial charge in [0.15, 0.2) is 6.10 Å². The molecule has 386 valence electrons. The first-order valence-corrected chi connectivity index (χ1v) is 28.4. The van der Waals surface area contributed by atoms with E-state index in [0.717, 1.165) is 89.9 Å². The minimum absolute atomic E-state index is 0.158. The van der Waals surface area contributed by atoms with Crippen LogP contribution in [0.3, 0.4) is 0 Å². The van der Waals surface area contributed by atoms with Gasteiger partial charge in [-0.15, -0.1) is 0 Å². The molecule has 0 spiro atoms. The van der Waals surface area contributed by atoms with Gasteiger partial charge in [0.05, 0.1) is 19.8 Å². The van der Waals surface area contributed by atoms with Crippen LogP contribution in [0.2, 0.25) is 0 Å². The molecule has 0 saturated heterocycles. The smallest absolute Gasteiger partial charge is 0.462 e. The Bertz CT molecular complexity index is 1250. The number of unbranched alkanes of at least 4 members (excludes halogenated alkanes) is 27. The van der Waals surface area contributed by atoms with Gasteiger partial charge in [0, 0.05) is 19.3 Å². The number of carbonyl (C=O) groups excluding carboxylic acids is 3. The summed E-state index contributed by atoms with van der Waals surface area (Å²) in [7, 11) is -4.74. The van der Waals surface area contributed by atoms with E-state index in [0.29, 0.717) is 19.3 Å². The van der Waals surface area contributed by atoms with Crippen molar-refractivity contribution in [3.63, 3.8) is 0 Å². The average molecular weight is 955 g/mol. The Balaban J connectivity index is 4.70. The Morgan fingerprint density at radius 2 is 0.758 bits per heavy atom. The van der Waals surface area contributed by atoms with E-state index in [9.17, 15) is 28.9 Å². The number of hydrogen-bond donors (Lipinski definition) is 2. The van der Waals surface area contributed by atoms with Crippen molar-refractivity contribution in [1.29, 1.82) is 0 Å². The second-order valence-electron chi connectivity index (χ2n) is 18.0. The first-order chi connectivity index (χ1) is 32.2. The largest absolute Gasteiger partial charge is 0.472 e. The molecule has 0 rings (SSSR count). The van der Waals surface area contributed by atoms with E-state index in [2.05, 4.69) is 57.2 Å². The molecule has 0 heterocycles. The van der Waals surface area contributed by atoms with Gasteiger partial charge in [-0.25, -0.2) is 4.57 Å². The van der Waals surface area contributed by atoms with Crippen molar-refractivity contribution in [3.8, 4) is 0 Å². The quantitative estimate of drug-likeness (QED) is 0.0197. The summed E-state index contributed by atoms with van der Waals surface area (Å²) in [5.74, 6) is -1.47. The van der Waals surface area contributed by atoms with Crippen molar-refractivity contribution in [3.05, 3.63) is 36.5 Å². The van der Waals surface area contributed by atoms with Crippen molar-refractivity contribution in [2.24, 2.45) is 0 Å². The number of esters is 3. The molecule has 3 atom stereocenters. The van der Waals surface area contributed by atoms with Crippen molar-refractivity contribution >= 4 is 25.7 Å². The summed E-state index contributed by atoms with van der Waals surface area (Å²) in [5.41, 5.74) is 0. The minimum Gasteiger partial charge on any atom is -0.462 e. The molecule has 0 aliphatic carbocycles. The first-order valence-electron chi connectivity index (χ1n) is 26.9. The van der Waals surface area contributed by atoms with Crippen LogP contribution >= 0.6 is 7.82 Å². The van der Waals surface area contributed by atoms with Crippen LogP contribution < -0.4 is 0 Å². The Hall–Kier alpha value is -2.30. The minimum atomic E-state index is -4.74. The standard InChI is InChI=1S/C54H99O11P/c1-4-7-10-13-16-19-22-23-24-25-26-27-30-31-34-37-40-43-52(56)61-47-51(65-54(58)45-42-39-36-33-29-21-18-15-12-9-6-3)49-63-66(59,60)62-48-50(46-55)64-53(57)44-41-38-35-32-28-20-17-14-11-8-5-2/h15-16,18-19,23-24,50-51,55H,4-14,17,20-22,25-49H2,1-3H3,(H,59,60)/b18-15-,19-16-,24-23-. The molecule has 0 radical (unpaired) electrons. The summed E-state index contributed by atoms with van der Waals surface area (Å²) in [6.07, 6.45) is 48.2. The third-order valence-electron chi connectivity index (χ3n) is 11.5. The molecule has 11 nitrogen and oxygen atoms in total. The lowest BCUT2D eigenvalue weighted by molar-refractivity contribution is -0.161. The number of phosphoric ester groups is 1. The highest BCUT2D eigenvalue weighted by Crippen LogP contribution is 2.43. The fourth-order valence-corrected chi connectivity index (χ4v) is 8.15. The van der Waals surface area contributed by atoms with E-state index in [-0.39, 0.29) is 25.9 Å². The third-order valence-corrected chi connectivity index (χ3v) is 12.5. The average Bonchev–Trinajstić information content (AvgIpc) is 3.30. The molecule has 12 heteroatoms. The Morgan fingerprint density at radius 3 is 1.21 bits per heavy atom. The number of carbonyl (C=O) groups is 3. The maximum absolute atomic E-state index is 12.8. The van der Waals surface area contributed by atoms with Crippen LogP contribution in [-0.2, 0) is 42.2 Å².